The van der Waals surface area contributed by atoms with Crippen molar-refractivity contribution in [3.05, 3.63) is 45.6 Å². The first-order chi connectivity index (χ1) is 13.6. The molecule has 2 heterocycles. The third-order valence-corrected chi connectivity index (χ3v) is 6.63. The SMILES string of the molecule is CCc1ccc(NC(=O)CSc2nnc(-c3csc(C)c3CC)n2CC)cc1. The molecular formula is C21H26N4OS2. The van der Waals surface area contributed by atoms with Crippen molar-refractivity contribution in [1.82, 2.24) is 14.8 Å². The molecule has 0 spiro atoms. The molecule has 0 saturated carbocycles. The molecule has 1 N–H and O–H groups in total. The summed E-state index contributed by atoms with van der Waals surface area (Å²) in [5.74, 6) is 1.15. The number of rotatable bonds is 8. The number of carbonyl (C=O) groups excluding carboxylic acids is 1. The number of thioether (sulfide) groups is 1. The van der Waals surface area contributed by atoms with Crippen molar-refractivity contribution in [1.29, 1.82) is 0 Å². The fourth-order valence-electron chi connectivity index (χ4n) is 3.14. The van der Waals surface area contributed by atoms with Crippen molar-refractivity contribution in [3.8, 4) is 11.4 Å². The quantitative estimate of drug-likeness (QED) is 0.515. The lowest BCUT2D eigenvalue weighted by Crippen LogP contribution is -2.14. The zero-order valence-electron chi connectivity index (χ0n) is 16.8. The molecule has 0 fully saturated rings. The Morgan fingerprint density at radius 2 is 1.89 bits per heavy atom. The number of hydrogen-bond donors (Lipinski definition) is 1. The number of nitrogens with one attached hydrogen (secondary N) is 1. The maximum Gasteiger partial charge on any atom is 0.234 e. The predicted molar refractivity (Wildman–Crippen MR) is 118 cm³/mol. The van der Waals surface area contributed by atoms with Gasteiger partial charge in [-0.05, 0) is 49.9 Å². The Morgan fingerprint density at radius 1 is 1.14 bits per heavy atom. The summed E-state index contributed by atoms with van der Waals surface area (Å²) < 4.78 is 2.09. The molecule has 2 aromatic heterocycles. The molecule has 0 atom stereocenters. The van der Waals surface area contributed by atoms with Gasteiger partial charge in [0.25, 0.3) is 0 Å². The second kappa shape index (κ2) is 9.39. The van der Waals surface area contributed by atoms with Gasteiger partial charge in [-0.1, -0.05) is 37.7 Å². The number of aryl methyl sites for hydroxylation is 2. The van der Waals surface area contributed by atoms with Crippen molar-refractivity contribution in [3.63, 3.8) is 0 Å². The molecule has 3 rings (SSSR count). The van der Waals surface area contributed by atoms with Crippen LogP contribution in [-0.4, -0.2) is 26.4 Å². The minimum absolute atomic E-state index is 0.0397. The summed E-state index contributed by atoms with van der Waals surface area (Å²) in [5.41, 5.74) is 4.57. The molecule has 1 aromatic carbocycles. The molecule has 0 radical (unpaired) electrons. The first-order valence-corrected chi connectivity index (χ1v) is 11.5. The summed E-state index contributed by atoms with van der Waals surface area (Å²) in [4.78, 5) is 13.7. The van der Waals surface area contributed by atoms with E-state index >= 15 is 0 Å². The molecule has 0 aliphatic carbocycles. The van der Waals surface area contributed by atoms with Crippen LogP contribution in [0.1, 0.15) is 36.8 Å². The van der Waals surface area contributed by atoms with Gasteiger partial charge in [-0.15, -0.1) is 21.5 Å². The minimum atomic E-state index is -0.0397. The molecule has 5 nitrogen and oxygen atoms in total. The van der Waals surface area contributed by atoms with Crippen molar-refractivity contribution in [2.24, 2.45) is 0 Å². The molecule has 0 bridgehead atoms. The molecule has 0 saturated heterocycles. The zero-order valence-corrected chi connectivity index (χ0v) is 18.4. The van der Waals surface area contributed by atoms with Crippen LogP contribution in [-0.2, 0) is 24.2 Å². The van der Waals surface area contributed by atoms with E-state index in [4.69, 9.17) is 0 Å². The average Bonchev–Trinajstić information content (AvgIpc) is 3.29. The summed E-state index contributed by atoms with van der Waals surface area (Å²) in [6, 6.07) is 7.96. The summed E-state index contributed by atoms with van der Waals surface area (Å²) in [6.07, 6.45) is 1.96. The number of aromatic nitrogens is 3. The van der Waals surface area contributed by atoms with Gasteiger partial charge in [0, 0.05) is 28.1 Å². The molecule has 7 heteroatoms. The van der Waals surface area contributed by atoms with Crippen molar-refractivity contribution in [2.75, 3.05) is 11.1 Å². The monoisotopic (exact) mass is 414 g/mol. The number of thiophene rings is 1. The highest BCUT2D eigenvalue weighted by molar-refractivity contribution is 7.99. The van der Waals surface area contributed by atoms with Gasteiger partial charge in [0.15, 0.2) is 11.0 Å². The first kappa shape index (κ1) is 20.6. The van der Waals surface area contributed by atoms with Gasteiger partial charge in [-0.2, -0.15) is 0 Å². The van der Waals surface area contributed by atoms with E-state index in [0.717, 1.165) is 41.6 Å². The van der Waals surface area contributed by atoms with E-state index in [1.165, 1.54) is 27.8 Å². The Morgan fingerprint density at radius 3 is 2.54 bits per heavy atom. The third kappa shape index (κ3) is 4.47. The van der Waals surface area contributed by atoms with Crippen molar-refractivity contribution in [2.45, 2.75) is 52.2 Å². The molecule has 28 heavy (non-hydrogen) atoms. The highest BCUT2D eigenvalue weighted by Crippen LogP contribution is 2.32. The fourth-order valence-corrected chi connectivity index (χ4v) is 4.88. The Hall–Kier alpha value is -2.12. The third-order valence-electron chi connectivity index (χ3n) is 4.71. The topological polar surface area (TPSA) is 59.8 Å². The summed E-state index contributed by atoms with van der Waals surface area (Å²) >= 11 is 3.17. The van der Waals surface area contributed by atoms with E-state index in [1.807, 2.05) is 24.3 Å². The van der Waals surface area contributed by atoms with E-state index in [2.05, 4.69) is 53.2 Å². The van der Waals surface area contributed by atoms with Crippen molar-refractivity contribution >= 4 is 34.7 Å². The Bertz CT molecular complexity index is 944. The van der Waals surface area contributed by atoms with Gasteiger partial charge in [-0.3, -0.25) is 4.79 Å². The van der Waals surface area contributed by atoms with Crippen LogP contribution in [0, 0.1) is 6.92 Å². The second-order valence-corrected chi connectivity index (χ2v) is 8.50. The molecule has 148 valence electrons. The second-order valence-electron chi connectivity index (χ2n) is 6.48. The number of benzene rings is 1. The smallest absolute Gasteiger partial charge is 0.234 e. The van der Waals surface area contributed by atoms with E-state index in [9.17, 15) is 4.79 Å². The van der Waals surface area contributed by atoms with Crippen LogP contribution in [0.15, 0.2) is 34.8 Å². The zero-order chi connectivity index (χ0) is 20.1. The number of anilines is 1. The highest BCUT2D eigenvalue weighted by Gasteiger charge is 2.18. The Kier molecular flexibility index (Phi) is 6.91. The maximum atomic E-state index is 12.3. The van der Waals surface area contributed by atoms with Gasteiger partial charge in [0.05, 0.1) is 5.75 Å². The van der Waals surface area contributed by atoms with Crippen LogP contribution in [0.3, 0.4) is 0 Å². The van der Waals surface area contributed by atoms with Crippen LogP contribution in [0.4, 0.5) is 5.69 Å². The number of nitrogens with zero attached hydrogens (tertiary/aromatic N) is 3. The molecule has 3 aromatic rings. The lowest BCUT2D eigenvalue weighted by molar-refractivity contribution is -0.113. The number of carbonyl (C=O) groups is 1. The van der Waals surface area contributed by atoms with Crippen LogP contribution < -0.4 is 5.32 Å². The molecule has 1 amide bonds. The Labute approximate surface area is 174 Å². The van der Waals surface area contributed by atoms with Crippen molar-refractivity contribution < 1.29 is 4.79 Å². The van der Waals surface area contributed by atoms with Crippen LogP contribution in [0.5, 0.6) is 0 Å². The summed E-state index contributed by atoms with van der Waals surface area (Å²) in [5, 5.41) is 14.7. The number of amides is 1. The predicted octanol–water partition coefficient (Wildman–Crippen LogP) is 5.19. The van der Waals surface area contributed by atoms with Gasteiger partial charge >= 0.3 is 0 Å². The first-order valence-electron chi connectivity index (χ1n) is 9.59. The summed E-state index contributed by atoms with van der Waals surface area (Å²) in [6.45, 7) is 9.27. The van der Waals surface area contributed by atoms with Gasteiger partial charge in [0.2, 0.25) is 5.91 Å². The highest BCUT2D eigenvalue weighted by atomic mass is 32.2. The standard InChI is InChI=1S/C21H26N4OS2/c1-5-15-8-10-16(11-9-15)22-19(26)13-28-21-24-23-20(25(21)7-3)18-12-27-14(4)17(18)6-2/h8-12H,5-7,13H2,1-4H3,(H,22,26). The van der Waals surface area contributed by atoms with E-state index in [1.54, 1.807) is 11.3 Å². The average molecular weight is 415 g/mol. The normalized spacial score (nSPS) is 11.0. The fraction of sp³-hybridized carbons (Fsp3) is 0.381. The van der Waals surface area contributed by atoms with Gasteiger partial charge < -0.3 is 9.88 Å². The van der Waals surface area contributed by atoms with Crippen LogP contribution >= 0.6 is 23.1 Å². The maximum absolute atomic E-state index is 12.3. The van der Waals surface area contributed by atoms with Gasteiger partial charge in [0.1, 0.15) is 0 Å². The molecule has 0 aliphatic rings. The summed E-state index contributed by atoms with van der Waals surface area (Å²) in [7, 11) is 0. The van der Waals surface area contributed by atoms with E-state index < -0.39 is 0 Å². The Balaban J connectivity index is 1.69. The van der Waals surface area contributed by atoms with Gasteiger partial charge in [-0.25, -0.2) is 0 Å². The molecular weight excluding hydrogens is 388 g/mol. The van der Waals surface area contributed by atoms with Crippen LogP contribution in [0.2, 0.25) is 0 Å². The minimum Gasteiger partial charge on any atom is -0.325 e. The van der Waals surface area contributed by atoms with E-state index in [0.29, 0.717) is 5.75 Å². The largest absolute Gasteiger partial charge is 0.325 e. The molecule has 0 unspecified atom stereocenters. The number of hydrogen-bond acceptors (Lipinski definition) is 5. The lowest BCUT2D eigenvalue weighted by atomic mass is 10.1. The lowest BCUT2D eigenvalue weighted by Gasteiger charge is -2.09. The van der Waals surface area contributed by atoms with Crippen LogP contribution in [0.25, 0.3) is 11.4 Å². The van der Waals surface area contributed by atoms with E-state index in [-0.39, 0.29) is 5.91 Å². The molecule has 0 aliphatic heterocycles.